The number of fused-ring (bicyclic) bond motifs is 1. The van der Waals surface area contributed by atoms with Crippen LogP contribution in [0, 0.1) is 5.92 Å². The molecule has 20 heavy (non-hydrogen) atoms. The molecule has 1 aliphatic heterocycles. The van der Waals surface area contributed by atoms with E-state index in [1.165, 1.54) is 43.5 Å². The Morgan fingerprint density at radius 1 is 1.05 bits per heavy atom. The minimum atomic E-state index is 0.393. The first-order valence-corrected chi connectivity index (χ1v) is 8.06. The lowest BCUT2D eigenvalue weighted by atomic mass is 9.94. The highest BCUT2D eigenvalue weighted by Crippen LogP contribution is 2.33. The Bertz CT molecular complexity index is 446. The molecule has 2 unspecified atom stereocenters. The van der Waals surface area contributed by atoms with Crippen LogP contribution in [0.3, 0.4) is 0 Å². The minimum Gasteiger partial charge on any atom is -0.371 e. The molecule has 3 heteroatoms. The molecule has 3 rings (SSSR count). The van der Waals surface area contributed by atoms with Gasteiger partial charge < -0.3 is 15.5 Å². The molecule has 2 aliphatic rings. The van der Waals surface area contributed by atoms with Crippen LogP contribution < -0.4 is 15.5 Å². The molecule has 0 amide bonds. The van der Waals surface area contributed by atoms with E-state index in [1.807, 2.05) is 0 Å². The standard InChI is InChI=1S/C17H27N3/c1-19-11-12-20(17-10-6-5-9-16(17)19)13-14-7-3-2-4-8-15(14)18/h5-6,9-10,14-15H,2-4,7-8,11-13,18H2,1H3. The second-order valence-electron chi connectivity index (χ2n) is 6.42. The molecule has 2 atom stereocenters. The lowest BCUT2D eigenvalue weighted by Gasteiger charge is -2.39. The average molecular weight is 273 g/mol. The van der Waals surface area contributed by atoms with Gasteiger partial charge in [0.25, 0.3) is 0 Å². The van der Waals surface area contributed by atoms with E-state index in [1.54, 1.807) is 0 Å². The van der Waals surface area contributed by atoms with E-state index in [9.17, 15) is 0 Å². The van der Waals surface area contributed by atoms with Crippen molar-refractivity contribution in [1.29, 1.82) is 0 Å². The van der Waals surface area contributed by atoms with Gasteiger partial charge in [-0.1, -0.05) is 31.4 Å². The van der Waals surface area contributed by atoms with Crippen LogP contribution in [-0.2, 0) is 0 Å². The van der Waals surface area contributed by atoms with Crippen LogP contribution in [0.15, 0.2) is 24.3 Å². The SMILES string of the molecule is CN1CCN(CC2CCCCCC2N)c2ccccc21. The van der Waals surface area contributed by atoms with E-state index in [0.717, 1.165) is 19.6 Å². The molecule has 0 saturated heterocycles. The first kappa shape index (κ1) is 13.7. The predicted molar refractivity (Wildman–Crippen MR) is 86.5 cm³/mol. The lowest BCUT2D eigenvalue weighted by Crippen LogP contribution is -2.44. The topological polar surface area (TPSA) is 32.5 Å². The van der Waals surface area contributed by atoms with Crippen LogP contribution in [-0.4, -0.2) is 32.7 Å². The predicted octanol–water partition coefficient (Wildman–Crippen LogP) is 2.85. The second kappa shape index (κ2) is 6.04. The summed E-state index contributed by atoms with van der Waals surface area (Å²) in [5, 5.41) is 0. The van der Waals surface area contributed by atoms with Gasteiger partial charge in [-0.15, -0.1) is 0 Å². The molecule has 0 spiro atoms. The zero-order valence-electron chi connectivity index (χ0n) is 12.6. The van der Waals surface area contributed by atoms with Crippen LogP contribution >= 0.6 is 0 Å². The highest BCUT2D eigenvalue weighted by atomic mass is 15.3. The Morgan fingerprint density at radius 3 is 2.65 bits per heavy atom. The van der Waals surface area contributed by atoms with Crippen LogP contribution in [0.1, 0.15) is 32.1 Å². The summed E-state index contributed by atoms with van der Waals surface area (Å²) in [5.74, 6) is 0.661. The van der Waals surface area contributed by atoms with E-state index in [-0.39, 0.29) is 0 Å². The summed E-state index contributed by atoms with van der Waals surface area (Å²) in [5.41, 5.74) is 9.16. The van der Waals surface area contributed by atoms with E-state index in [0.29, 0.717) is 12.0 Å². The molecule has 1 fully saturated rings. The second-order valence-corrected chi connectivity index (χ2v) is 6.42. The summed E-state index contributed by atoms with van der Waals surface area (Å²) in [7, 11) is 2.19. The maximum absolute atomic E-state index is 6.41. The Hall–Kier alpha value is -1.22. The quantitative estimate of drug-likeness (QED) is 0.841. The van der Waals surface area contributed by atoms with Crippen LogP contribution in [0.4, 0.5) is 11.4 Å². The van der Waals surface area contributed by atoms with E-state index in [4.69, 9.17) is 5.73 Å². The number of para-hydroxylation sites is 2. The van der Waals surface area contributed by atoms with Crippen molar-refractivity contribution in [2.24, 2.45) is 11.7 Å². The zero-order chi connectivity index (χ0) is 13.9. The van der Waals surface area contributed by atoms with Crippen molar-refractivity contribution in [3.63, 3.8) is 0 Å². The molecule has 0 bridgehead atoms. The van der Waals surface area contributed by atoms with Crippen LogP contribution in [0.25, 0.3) is 0 Å². The molecule has 1 aromatic carbocycles. The fourth-order valence-electron chi connectivity index (χ4n) is 3.68. The number of benzene rings is 1. The molecule has 1 saturated carbocycles. The summed E-state index contributed by atoms with van der Waals surface area (Å²) in [6, 6.07) is 9.17. The Kier molecular flexibility index (Phi) is 4.16. The van der Waals surface area contributed by atoms with Gasteiger partial charge in [0.05, 0.1) is 11.4 Å². The van der Waals surface area contributed by atoms with Gasteiger partial charge in [-0.2, -0.15) is 0 Å². The Morgan fingerprint density at radius 2 is 1.80 bits per heavy atom. The smallest absolute Gasteiger partial charge is 0.0604 e. The molecular weight excluding hydrogens is 246 g/mol. The third kappa shape index (κ3) is 2.78. The zero-order valence-corrected chi connectivity index (χ0v) is 12.6. The largest absolute Gasteiger partial charge is 0.371 e. The molecule has 0 radical (unpaired) electrons. The maximum atomic E-state index is 6.41. The number of nitrogens with zero attached hydrogens (tertiary/aromatic N) is 2. The normalized spacial score (nSPS) is 27.1. The first-order valence-electron chi connectivity index (χ1n) is 8.06. The van der Waals surface area contributed by atoms with Gasteiger partial charge >= 0.3 is 0 Å². The number of hydrogen-bond donors (Lipinski definition) is 1. The molecule has 1 aromatic rings. The van der Waals surface area contributed by atoms with Gasteiger partial charge in [-0.25, -0.2) is 0 Å². The number of anilines is 2. The number of likely N-dealkylation sites (N-methyl/N-ethyl adjacent to an activating group) is 1. The van der Waals surface area contributed by atoms with E-state index in [2.05, 4.69) is 41.1 Å². The van der Waals surface area contributed by atoms with Crippen molar-refractivity contribution in [2.75, 3.05) is 36.5 Å². The van der Waals surface area contributed by atoms with Crippen molar-refractivity contribution in [3.05, 3.63) is 24.3 Å². The highest BCUT2D eigenvalue weighted by molar-refractivity contribution is 5.73. The molecule has 2 N–H and O–H groups in total. The van der Waals surface area contributed by atoms with Crippen molar-refractivity contribution in [2.45, 2.75) is 38.1 Å². The summed E-state index contributed by atoms with van der Waals surface area (Å²) < 4.78 is 0. The summed E-state index contributed by atoms with van der Waals surface area (Å²) >= 11 is 0. The number of nitrogens with two attached hydrogens (primary N) is 1. The van der Waals surface area contributed by atoms with Crippen molar-refractivity contribution in [1.82, 2.24) is 0 Å². The Labute approximate surface area is 122 Å². The van der Waals surface area contributed by atoms with Crippen LogP contribution in [0.2, 0.25) is 0 Å². The number of hydrogen-bond acceptors (Lipinski definition) is 3. The average Bonchev–Trinajstić information content (AvgIpc) is 2.67. The molecule has 1 aliphatic carbocycles. The number of rotatable bonds is 2. The lowest BCUT2D eigenvalue weighted by molar-refractivity contribution is 0.394. The Balaban J connectivity index is 1.76. The molecule has 3 nitrogen and oxygen atoms in total. The third-order valence-corrected chi connectivity index (χ3v) is 5.01. The first-order chi connectivity index (χ1) is 9.75. The summed E-state index contributed by atoms with van der Waals surface area (Å²) in [4.78, 5) is 4.92. The van der Waals surface area contributed by atoms with Gasteiger partial charge in [0.1, 0.15) is 0 Å². The highest BCUT2D eigenvalue weighted by Gasteiger charge is 2.26. The van der Waals surface area contributed by atoms with E-state index >= 15 is 0 Å². The molecule has 110 valence electrons. The van der Waals surface area contributed by atoms with Gasteiger partial charge in [-0.05, 0) is 30.9 Å². The van der Waals surface area contributed by atoms with Crippen LogP contribution in [0.5, 0.6) is 0 Å². The van der Waals surface area contributed by atoms with Crippen molar-refractivity contribution in [3.8, 4) is 0 Å². The van der Waals surface area contributed by atoms with Gasteiger partial charge in [0.2, 0.25) is 0 Å². The third-order valence-electron chi connectivity index (χ3n) is 5.01. The van der Waals surface area contributed by atoms with Gasteiger partial charge in [-0.3, -0.25) is 0 Å². The molecule has 0 aromatic heterocycles. The summed E-state index contributed by atoms with van der Waals surface area (Å²) in [6.07, 6.45) is 6.55. The monoisotopic (exact) mass is 273 g/mol. The minimum absolute atomic E-state index is 0.393. The van der Waals surface area contributed by atoms with Crippen molar-refractivity contribution >= 4 is 11.4 Å². The van der Waals surface area contributed by atoms with E-state index < -0.39 is 0 Å². The molecular formula is C17H27N3. The summed E-state index contributed by atoms with van der Waals surface area (Å²) in [6.45, 7) is 3.36. The molecule has 1 heterocycles. The fraction of sp³-hybridized carbons (Fsp3) is 0.647. The van der Waals surface area contributed by atoms with Crippen molar-refractivity contribution < 1.29 is 0 Å². The van der Waals surface area contributed by atoms with Gasteiger partial charge in [0, 0.05) is 32.7 Å². The van der Waals surface area contributed by atoms with Gasteiger partial charge in [0.15, 0.2) is 0 Å². The fourth-order valence-corrected chi connectivity index (χ4v) is 3.68. The maximum Gasteiger partial charge on any atom is 0.0604 e.